The summed E-state index contributed by atoms with van der Waals surface area (Å²) < 4.78 is 4.94. The van der Waals surface area contributed by atoms with Crippen molar-refractivity contribution in [2.45, 2.75) is 13.5 Å². The van der Waals surface area contributed by atoms with Crippen molar-refractivity contribution in [1.29, 1.82) is 0 Å². The fourth-order valence-corrected chi connectivity index (χ4v) is 1.56. The molecule has 0 aliphatic rings. The van der Waals surface area contributed by atoms with Crippen LogP contribution in [0.2, 0.25) is 0 Å². The van der Waals surface area contributed by atoms with Crippen LogP contribution < -0.4 is 10.6 Å². The minimum Gasteiger partial charge on any atom is -0.472 e. The van der Waals surface area contributed by atoms with E-state index in [2.05, 4.69) is 10.6 Å². The van der Waals surface area contributed by atoms with E-state index < -0.39 is 0 Å². The number of carbonyl (C=O) groups is 1. The van der Waals surface area contributed by atoms with Gasteiger partial charge in [-0.1, -0.05) is 17.7 Å². The Balaban J connectivity index is 1.73. The van der Waals surface area contributed by atoms with Gasteiger partial charge in [0.1, 0.15) is 0 Å². The summed E-state index contributed by atoms with van der Waals surface area (Å²) in [7, 11) is 0. The smallest absolute Gasteiger partial charge is 0.238 e. The summed E-state index contributed by atoms with van der Waals surface area (Å²) in [5.41, 5.74) is 3.01. The number of furan rings is 1. The Kier molecular flexibility index (Phi) is 4.15. The number of rotatable bonds is 5. The molecule has 0 bridgehead atoms. The number of amides is 1. The van der Waals surface area contributed by atoms with Crippen molar-refractivity contribution in [3.8, 4) is 0 Å². The average molecular weight is 244 g/mol. The highest BCUT2D eigenvalue weighted by atomic mass is 16.3. The largest absolute Gasteiger partial charge is 0.472 e. The van der Waals surface area contributed by atoms with Crippen LogP contribution in [0.3, 0.4) is 0 Å². The van der Waals surface area contributed by atoms with E-state index in [1.807, 2.05) is 37.3 Å². The molecule has 2 rings (SSSR count). The van der Waals surface area contributed by atoms with Crippen LogP contribution in [0.5, 0.6) is 0 Å². The molecule has 2 aromatic rings. The summed E-state index contributed by atoms with van der Waals surface area (Å²) >= 11 is 0. The Hall–Kier alpha value is -2.07. The van der Waals surface area contributed by atoms with Gasteiger partial charge in [0, 0.05) is 17.8 Å². The third-order valence-electron chi connectivity index (χ3n) is 2.53. The molecule has 1 aromatic heterocycles. The Labute approximate surface area is 106 Å². The SMILES string of the molecule is Cc1ccc(NC(=O)CNCc2ccoc2)cc1. The Morgan fingerprint density at radius 2 is 2.00 bits per heavy atom. The second kappa shape index (κ2) is 6.02. The van der Waals surface area contributed by atoms with Gasteiger partial charge >= 0.3 is 0 Å². The van der Waals surface area contributed by atoms with Crippen LogP contribution in [-0.4, -0.2) is 12.5 Å². The number of benzene rings is 1. The lowest BCUT2D eigenvalue weighted by Gasteiger charge is -2.06. The molecular formula is C14H16N2O2. The molecule has 0 saturated carbocycles. The number of carbonyl (C=O) groups excluding carboxylic acids is 1. The van der Waals surface area contributed by atoms with E-state index >= 15 is 0 Å². The molecule has 0 saturated heterocycles. The van der Waals surface area contributed by atoms with Gasteiger partial charge in [-0.25, -0.2) is 0 Å². The molecule has 0 fully saturated rings. The van der Waals surface area contributed by atoms with E-state index in [9.17, 15) is 4.79 Å². The Morgan fingerprint density at radius 1 is 1.22 bits per heavy atom. The van der Waals surface area contributed by atoms with Crippen molar-refractivity contribution in [3.63, 3.8) is 0 Å². The van der Waals surface area contributed by atoms with Gasteiger partial charge in [-0.15, -0.1) is 0 Å². The molecule has 1 heterocycles. The first-order valence-corrected chi connectivity index (χ1v) is 5.82. The quantitative estimate of drug-likeness (QED) is 0.848. The van der Waals surface area contributed by atoms with Gasteiger partial charge in [0.2, 0.25) is 5.91 Å². The number of hydrogen-bond donors (Lipinski definition) is 2. The molecule has 4 nitrogen and oxygen atoms in total. The normalized spacial score (nSPS) is 10.3. The first-order valence-electron chi connectivity index (χ1n) is 5.82. The zero-order valence-electron chi connectivity index (χ0n) is 10.3. The van der Waals surface area contributed by atoms with Gasteiger partial charge in [-0.3, -0.25) is 4.79 Å². The van der Waals surface area contributed by atoms with E-state index in [1.54, 1.807) is 12.5 Å². The maximum absolute atomic E-state index is 11.6. The molecular weight excluding hydrogens is 228 g/mol. The highest BCUT2D eigenvalue weighted by Crippen LogP contribution is 2.08. The minimum atomic E-state index is -0.0534. The van der Waals surface area contributed by atoms with Crippen LogP contribution in [0.4, 0.5) is 5.69 Å². The van der Waals surface area contributed by atoms with Crippen LogP contribution in [0.25, 0.3) is 0 Å². The van der Waals surface area contributed by atoms with Crippen LogP contribution in [0.1, 0.15) is 11.1 Å². The predicted octanol–water partition coefficient (Wildman–Crippen LogP) is 2.32. The topological polar surface area (TPSA) is 54.3 Å². The van der Waals surface area contributed by atoms with Gasteiger partial charge in [0.15, 0.2) is 0 Å². The number of hydrogen-bond acceptors (Lipinski definition) is 3. The molecule has 1 aromatic carbocycles. The maximum atomic E-state index is 11.6. The van der Waals surface area contributed by atoms with Crippen molar-refractivity contribution in [3.05, 3.63) is 54.0 Å². The predicted molar refractivity (Wildman–Crippen MR) is 70.2 cm³/mol. The maximum Gasteiger partial charge on any atom is 0.238 e. The number of aryl methyl sites for hydroxylation is 1. The van der Waals surface area contributed by atoms with Crippen molar-refractivity contribution in [2.24, 2.45) is 0 Å². The van der Waals surface area contributed by atoms with E-state index in [1.165, 1.54) is 5.56 Å². The van der Waals surface area contributed by atoms with Gasteiger partial charge in [0.25, 0.3) is 0 Å². The lowest BCUT2D eigenvalue weighted by atomic mass is 10.2. The van der Waals surface area contributed by atoms with E-state index in [0.29, 0.717) is 6.54 Å². The summed E-state index contributed by atoms with van der Waals surface area (Å²) in [5, 5.41) is 5.87. The average Bonchev–Trinajstić information content (AvgIpc) is 2.85. The van der Waals surface area contributed by atoms with Gasteiger partial charge in [0.05, 0.1) is 19.1 Å². The lowest BCUT2D eigenvalue weighted by molar-refractivity contribution is -0.115. The zero-order valence-corrected chi connectivity index (χ0v) is 10.3. The van der Waals surface area contributed by atoms with E-state index in [-0.39, 0.29) is 12.5 Å². The van der Waals surface area contributed by atoms with Gasteiger partial charge in [-0.05, 0) is 25.1 Å². The molecule has 0 radical (unpaired) electrons. The van der Waals surface area contributed by atoms with Crippen molar-refractivity contribution >= 4 is 11.6 Å². The van der Waals surface area contributed by atoms with Gasteiger partial charge < -0.3 is 15.1 Å². The molecule has 0 spiro atoms. The summed E-state index contributed by atoms with van der Waals surface area (Å²) in [4.78, 5) is 11.6. The first-order chi connectivity index (χ1) is 8.74. The van der Waals surface area contributed by atoms with Crippen LogP contribution in [0.15, 0.2) is 47.3 Å². The molecule has 4 heteroatoms. The Bertz CT molecular complexity index is 489. The van der Waals surface area contributed by atoms with Crippen molar-refractivity contribution < 1.29 is 9.21 Å². The molecule has 0 aliphatic carbocycles. The highest BCUT2D eigenvalue weighted by molar-refractivity contribution is 5.92. The molecule has 0 aliphatic heterocycles. The second-order valence-corrected chi connectivity index (χ2v) is 4.15. The first kappa shape index (κ1) is 12.4. The molecule has 2 N–H and O–H groups in total. The van der Waals surface area contributed by atoms with Crippen LogP contribution >= 0.6 is 0 Å². The van der Waals surface area contributed by atoms with E-state index in [0.717, 1.165) is 11.3 Å². The van der Waals surface area contributed by atoms with Crippen molar-refractivity contribution in [2.75, 3.05) is 11.9 Å². The van der Waals surface area contributed by atoms with Crippen molar-refractivity contribution in [1.82, 2.24) is 5.32 Å². The van der Waals surface area contributed by atoms with E-state index in [4.69, 9.17) is 4.42 Å². The minimum absolute atomic E-state index is 0.0534. The standard InChI is InChI=1S/C14H16N2O2/c1-11-2-4-13(5-3-11)16-14(17)9-15-8-12-6-7-18-10-12/h2-7,10,15H,8-9H2,1H3,(H,16,17). The van der Waals surface area contributed by atoms with Crippen LogP contribution in [0, 0.1) is 6.92 Å². The number of anilines is 1. The summed E-state index contributed by atoms with van der Waals surface area (Å²) in [6, 6.07) is 9.58. The third-order valence-corrected chi connectivity index (χ3v) is 2.53. The fraction of sp³-hybridized carbons (Fsp3) is 0.214. The number of nitrogens with one attached hydrogen (secondary N) is 2. The summed E-state index contributed by atoms with van der Waals surface area (Å²) in [6.07, 6.45) is 3.27. The lowest BCUT2D eigenvalue weighted by Crippen LogP contribution is -2.27. The molecule has 0 atom stereocenters. The fourth-order valence-electron chi connectivity index (χ4n) is 1.56. The monoisotopic (exact) mass is 244 g/mol. The zero-order chi connectivity index (χ0) is 12.8. The highest BCUT2D eigenvalue weighted by Gasteiger charge is 2.02. The molecule has 0 unspecified atom stereocenters. The van der Waals surface area contributed by atoms with Gasteiger partial charge in [-0.2, -0.15) is 0 Å². The molecule has 94 valence electrons. The second-order valence-electron chi connectivity index (χ2n) is 4.15. The van der Waals surface area contributed by atoms with Crippen LogP contribution in [-0.2, 0) is 11.3 Å². The summed E-state index contributed by atoms with van der Waals surface area (Å²) in [6.45, 7) is 2.91. The molecule has 1 amide bonds. The molecule has 18 heavy (non-hydrogen) atoms. The summed E-state index contributed by atoms with van der Waals surface area (Å²) in [5.74, 6) is -0.0534. The third kappa shape index (κ3) is 3.75. The Morgan fingerprint density at radius 3 is 2.67 bits per heavy atom.